The third kappa shape index (κ3) is 3.60. The molecule has 4 nitrogen and oxygen atoms in total. The molecule has 4 heteroatoms. The van der Waals surface area contributed by atoms with Gasteiger partial charge >= 0.3 is 0 Å². The van der Waals surface area contributed by atoms with Gasteiger partial charge in [0.15, 0.2) is 0 Å². The fourth-order valence-electron chi connectivity index (χ4n) is 1.62. The molecule has 0 bridgehead atoms. The Morgan fingerprint density at radius 3 is 2.92 bits per heavy atom. The Labute approximate surface area is 79.1 Å². The van der Waals surface area contributed by atoms with Gasteiger partial charge in [0, 0.05) is 25.6 Å². The summed E-state index contributed by atoms with van der Waals surface area (Å²) in [7, 11) is 1.94. The maximum absolute atomic E-state index is 9.62. The Hall–Kier alpha value is -0.160. The van der Waals surface area contributed by atoms with E-state index in [4.69, 9.17) is 9.84 Å². The first-order chi connectivity index (χ1) is 6.24. The monoisotopic (exact) mass is 189 g/mol. The van der Waals surface area contributed by atoms with Crippen LogP contribution < -0.4 is 0 Å². The van der Waals surface area contributed by atoms with E-state index in [0.29, 0.717) is 19.8 Å². The standard InChI is InChI=1S/C9H19NO3/c1-10(3-4-11)6-8-7-13-5-2-9(8)12/h8-9,11-12H,2-7H2,1H3. The van der Waals surface area contributed by atoms with Crippen molar-refractivity contribution >= 4 is 0 Å². The van der Waals surface area contributed by atoms with Crippen LogP contribution in [0.25, 0.3) is 0 Å². The van der Waals surface area contributed by atoms with Gasteiger partial charge in [-0.1, -0.05) is 0 Å². The minimum absolute atomic E-state index is 0.167. The van der Waals surface area contributed by atoms with Crippen LogP contribution in [-0.2, 0) is 4.74 Å². The summed E-state index contributed by atoms with van der Waals surface area (Å²) in [6.07, 6.45) is 0.493. The Morgan fingerprint density at radius 2 is 2.31 bits per heavy atom. The largest absolute Gasteiger partial charge is 0.395 e. The van der Waals surface area contributed by atoms with Gasteiger partial charge in [-0.25, -0.2) is 0 Å². The number of aliphatic hydroxyl groups is 2. The molecule has 1 rings (SSSR count). The third-order valence-corrected chi connectivity index (χ3v) is 2.46. The van der Waals surface area contributed by atoms with E-state index in [0.717, 1.165) is 13.0 Å². The van der Waals surface area contributed by atoms with Gasteiger partial charge in [0.25, 0.3) is 0 Å². The molecule has 0 aromatic heterocycles. The zero-order valence-electron chi connectivity index (χ0n) is 8.15. The van der Waals surface area contributed by atoms with E-state index in [1.807, 2.05) is 11.9 Å². The topological polar surface area (TPSA) is 52.9 Å². The van der Waals surface area contributed by atoms with Gasteiger partial charge < -0.3 is 19.8 Å². The zero-order chi connectivity index (χ0) is 9.68. The van der Waals surface area contributed by atoms with Crippen LogP contribution in [0.4, 0.5) is 0 Å². The van der Waals surface area contributed by atoms with Crippen LogP contribution in [0.1, 0.15) is 6.42 Å². The number of nitrogens with zero attached hydrogens (tertiary/aromatic N) is 1. The van der Waals surface area contributed by atoms with Crippen molar-refractivity contribution in [3.8, 4) is 0 Å². The van der Waals surface area contributed by atoms with E-state index in [1.54, 1.807) is 0 Å². The van der Waals surface area contributed by atoms with Gasteiger partial charge in [-0.3, -0.25) is 0 Å². The highest BCUT2D eigenvalue weighted by atomic mass is 16.5. The highest BCUT2D eigenvalue weighted by molar-refractivity contribution is 4.74. The van der Waals surface area contributed by atoms with E-state index >= 15 is 0 Å². The summed E-state index contributed by atoms with van der Waals surface area (Å²) in [4.78, 5) is 2.02. The summed E-state index contributed by atoms with van der Waals surface area (Å²) < 4.78 is 5.28. The SMILES string of the molecule is CN(CCO)CC1COCCC1O. The van der Waals surface area contributed by atoms with Gasteiger partial charge in [-0.05, 0) is 13.5 Å². The molecular formula is C9H19NO3. The van der Waals surface area contributed by atoms with Crippen LogP contribution in [0.5, 0.6) is 0 Å². The molecule has 2 atom stereocenters. The van der Waals surface area contributed by atoms with Crippen molar-refractivity contribution < 1.29 is 14.9 Å². The molecule has 78 valence electrons. The molecule has 2 N–H and O–H groups in total. The van der Waals surface area contributed by atoms with Crippen LogP contribution in [0, 0.1) is 5.92 Å². The molecule has 1 aliphatic heterocycles. The molecule has 0 aromatic rings. The number of rotatable bonds is 4. The van der Waals surface area contributed by atoms with Crippen LogP contribution in [0.3, 0.4) is 0 Å². The first-order valence-corrected chi connectivity index (χ1v) is 4.79. The van der Waals surface area contributed by atoms with Crippen molar-refractivity contribution in [3.05, 3.63) is 0 Å². The normalized spacial score (nSPS) is 29.5. The molecule has 0 amide bonds. The van der Waals surface area contributed by atoms with Crippen molar-refractivity contribution in [2.45, 2.75) is 12.5 Å². The predicted molar refractivity (Wildman–Crippen MR) is 49.5 cm³/mol. The van der Waals surface area contributed by atoms with Crippen LogP contribution >= 0.6 is 0 Å². The molecule has 1 fully saturated rings. The fourth-order valence-corrected chi connectivity index (χ4v) is 1.62. The second kappa shape index (κ2) is 5.54. The average molecular weight is 189 g/mol. The molecular weight excluding hydrogens is 170 g/mol. The van der Waals surface area contributed by atoms with Crippen molar-refractivity contribution in [1.82, 2.24) is 4.90 Å². The van der Waals surface area contributed by atoms with Crippen molar-refractivity contribution in [1.29, 1.82) is 0 Å². The fraction of sp³-hybridized carbons (Fsp3) is 1.00. The van der Waals surface area contributed by atoms with Crippen LogP contribution in [-0.4, -0.2) is 61.2 Å². The number of hydrogen-bond acceptors (Lipinski definition) is 4. The molecule has 1 saturated heterocycles. The van der Waals surface area contributed by atoms with E-state index in [9.17, 15) is 5.11 Å². The smallest absolute Gasteiger partial charge is 0.0624 e. The number of aliphatic hydroxyl groups excluding tert-OH is 2. The summed E-state index contributed by atoms with van der Waals surface area (Å²) in [6.45, 7) is 2.92. The summed E-state index contributed by atoms with van der Waals surface area (Å²) in [5, 5.41) is 18.3. The quantitative estimate of drug-likeness (QED) is 0.614. The lowest BCUT2D eigenvalue weighted by atomic mass is 9.98. The first-order valence-electron chi connectivity index (χ1n) is 4.79. The lowest BCUT2D eigenvalue weighted by Crippen LogP contribution is -2.40. The van der Waals surface area contributed by atoms with E-state index in [-0.39, 0.29) is 18.6 Å². The Morgan fingerprint density at radius 1 is 1.54 bits per heavy atom. The van der Waals surface area contributed by atoms with Crippen LogP contribution in [0.15, 0.2) is 0 Å². The van der Waals surface area contributed by atoms with Gasteiger partial charge in [0.05, 0.1) is 19.3 Å². The number of likely N-dealkylation sites (N-methyl/N-ethyl adjacent to an activating group) is 1. The number of ether oxygens (including phenoxy) is 1. The minimum Gasteiger partial charge on any atom is -0.395 e. The molecule has 1 heterocycles. The first kappa shape index (κ1) is 10.9. The summed E-state index contributed by atoms with van der Waals surface area (Å²) in [6, 6.07) is 0. The summed E-state index contributed by atoms with van der Waals surface area (Å²) in [5.41, 5.74) is 0. The molecule has 1 aliphatic rings. The highest BCUT2D eigenvalue weighted by Crippen LogP contribution is 2.15. The number of hydrogen-bond donors (Lipinski definition) is 2. The molecule has 0 aromatic carbocycles. The molecule has 0 aliphatic carbocycles. The van der Waals surface area contributed by atoms with Crippen LogP contribution in [0.2, 0.25) is 0 Å². The lowest BCUT2D eigenvalue weighted by Gasteiger charge is -2.30. The summed E-state index contributed by atoms with van der Waals surface area (Å²) >= 11 is 0. The maximum Gasteiger partial charge on any atom is 0.0624 e. The predicted octanol–water partition coefficient (Wildman–Crippen LogP) is -0.692. The van der Waals surface area contributed by atoms with Gasteiger partial charge in [0.1, 0.15) is 0 Å². The van der Waals surface area contributed by atoms with Gasteiger partial charge in [-0.15, -0.1) is 0 Å². The molecule has 0 radical (unpaired) electrons. The zero-order valence-corrected chi connectivity index (χ0v) is 8.15. The van der Waals surface area contributed by atoms with Crippen molar-refractivity contribution in [2.24, 2.45) is 5.92 Å². The molecule has 0 saturated carbocycles. The second-order valence-corrected chi connectivity index (χ2v) is 3.68. The maximum atomic E-state index is 9.62. The Kier molecular flexibility index (Phi) is 4.66. The third-order valence-electron chi connectivity index (χ3n) is 2.46. The Bertz CT molecular complexity index is 143. The van der Waals surface area contributed by atoms with Gasteiger partial charge in [-0.2, -0.15) is 0 Å². The lowest BCUT2D eigenvalue weighted by molar-refractivity contribution is -0.0452. The van der Waals surface area contributed by atoms with E-state index in [2.05, 4.69) is 0 Å². The minimum atomic E-state index is -0.241. The second-order valence-electron chi connectivity index (χ2n) is 3.68. The van der Waals surface area contributed by atoms with Crippen molar-refractivity contribution in [2.75, 3.05) is 40.0 Å². The molecule has 2 unspecified atom stereocenters. The average Bonchev–Trinajstić information content (AvgIpc) is 2.09. The van der Waals surface area contributed by atoms with Gasteiger partial charge in [0.2, 0.25) is 0 Å². The molecule has 0 spiro atoms. The van der Waals surface area contributed by atoms with Crippen molar-refractivity contribution in [3.63, 3.8) is 0 Å². The van der Waals surface area contributed by atoms with E-state index < -0.39 is 0 Å². The summed E-state index contributed by atoms with van der Waals surface area (Å²) in [5.74, 6) is 0.199. The Balaban J connectivity index is 2.25. The molecule has 13 heavy (non-hydrogen) atoms. The van der Waals surface area contributed by atoms with E-state index in [1.165, 1.54) is 0 Å². The highest BCUT2D eigenvalue weighted by Gasteiger charge is 2.24.